The van der Waals surface area contributed by atoms with Gasteiger partial charge in [-0.2, -0.15) is 0 Å². The Kier molecular flexibility index (Phi) is 3.75. The summed E-state index contributed by atoms with van der Waals surface area (Å²) in [7, 11) is 0. The maximum Gasteiger partial charge on any atom is 0.147 e. The molecule has 1 N–H and O–H groups in total. The van der Waals surface area contributed by atoms with Gasteiger partial charge < -0.3 is 5.32 Å². The summed E-state index contributed by atoms with van der Waals surface area (Å²) in [6.45, 7) is 2.06. The van der Waals surface area contributed by atoms with Crippen molar-refractivity contribution in [3.63, 3.8) is 0 Å². The van der Waals surface area contributed by atoms with Crippen molar-refractivity contribution in [3.05, 3.63) is 44.3 Å². The van der Waals surface area contributed by atoms with E-state index in [0.29, 0.717) is 0 Å². The first kappa shape index (κ1) is 11.8. The fraction of sp³-hybridized carbons (Fsp3) is 0.0909. The Morgan fingerprint density at radius 1 is 1.31 bits per heavy atom. The van der Waals surface area contributed by atoms with Gasteiger partial charge in [0.25, 0.3) is 0 Å². The fourth-order valence-electron chi connectivity index (χ4n) is 1.35. The maximum absolute atomic E-state index is 4.19. The molecule has 0 saturated heterocycles. The highest BCUT2D eigenvalue weighted by molar-refractivity contribution is 14.1. The van der Waals surface area contributed by atoms with Crippen molar-refractivity contribution in [2.75, 3.05) is 5.32 Å². The average Bonchev–Trinajstić information content (AvgIpc) is 2.20. The zero-order valence-corrected chi connectivity index (χ0v) is 12.3. The second-order valence-corrected chi connectivity index (χ2v) is 5.44. The molecule has 1 heterocycles. The molecule has 16 heavy (non-hydrogen) atoms. The Bertz CT molecular complexity index is 496. The standard InChI is InChI=1S/C11H9BrIN3/c1-7-2-8(12)4-9(3-7)16-11-10(13)5-14-6-15-11/h2-6H,1H3,(H,14,15,16). The van der Waals surface area contributed by atoms with Gasteiger partial charge >= 0.3 is 0 Å². The van der Waals surface area contributed by atoms with Crippen molar-refractivity contribution in [1.82, 2.24) is 9.97 Å². The number of aryl methyl sites for hydroxylation is 1. The molecule has 0 radical (unpaired) electrons. The fourth-order valence-corrected chi connectivity index (χ4v) is 2.39. The summed E-state index contributed by atoms with van der Waals surface area (Å²) in [5.74, 6) is 0.827. The predicted octanol–water partition coefficient (Wildman–Crippen LogP) is 3.90. The highest BCUT2D eigenvalue weighted by Gasteiger charge is 2.02. The van der Waals surface area contributed by atoms with Gasteiger partial charge in [0.05, 0.1) is 3.57 Å². The van der Waals surface area contributed by atoms with Crippen molar-refractivity contribution in [2.24, 2.45) is 0 Å². The summed E-state index contributed by atoms with van der Waals surface area (Å²) in [5, 5.41) is 3.27. The Labute approximate surface area is 116 Å². The van der Waals surface area contributed by atoms with Crippen molar-refractivity contribution < 1.29 is 0 Å². The first-order chi connectivity index (χ1) is 7.65. The zero-order chi connectivity index (χ0) is 11.5. The zero-order valence-electron chi connectivity index (χ0n) is 8.54. The van der Waals surface area contributed by atoms with Crippen LogP contribution in [0.1, 0.15) is 5.56 Å². The minimum atomic E-state index is 0.827. The minimum absolute atomic E-state index is 0.827. The summed E-state index contributed by atoms with van der Waals surface area (Å²) in [5.41, 5.74) is 2.21. The molecule has 3 nitrogen and oxygen atoms in total. The van der Waals surface area contributed by atoms with Crippen LogP contribution < -0.4 is 5.32 Å². The number of rotatable bonds is 2. The molecule has 0 aliphatic heterocycles. The van der Waals surface area contributed by atoms with Gasteiger partial charge in [0.2, 0.25) is 0 Å². The van der Waals surface area contributed by atoms with Crippen molar-refractivity contribution in [3.8, 4) is 0 Å². The summed E-state index contributed by atoms with van der Waals surface area (Å²) in [6.07, 6.45) is 3.32. The molecule has 2 aromatic rings. The third-order valence-electron chi connectivity index (χ3n) is 1.97. The van der Waals surface area contributed by atoms with Crippen LogP contribution in [0.4, 0.5) is 11.5 Å². The molecule has 0 amide bonds. The molecule has 0 spiro atoms. The molecular weight excluding hydrogens is 381 g/mol. The van der Waals surface area contributed by atoms with Gasteiger partial charge in [-0.25, -0.2) is 9.97 Å². The van der Waals surface area contributed by atoms with E-state index in [1.54, 1.807) is 6.20 Å². The molecule has 0 bridgehead atoms. The summed E-state index contributed by atoms with van der Waals surface area (Å²) < 4.78 is 2.05. The van der Waals surface area contributed by atoms with Crippen LogP contribution in [0.25, 0.3) is 0 Å². The van der Waals surface area contributed by atoms with Crippen LogP contribution in [-0.2, 0) is 0 Å². The van der Waals surface area contributed by atoms with Gasteiger partial charge in [0.15, 0.2) is 0 Å². The minimum Gasteiger partial charge on any atom is -0.339 e. The third kappa shape index (κ3) is 2.91. The summed E-state index contributed by atoms with van der Waals surface area (Å²) >= 11 is 5.68. The van der Waals surface area contributed by atoms with Crippen molar-refractivity contribution >= 4 is 50.0 Å². The van der Waals surface area contributed by atoms with Crippen molar-refractivity contribution in [1.29, 1.82) is 0 Å². The van der Waals surface area contributed by atoms with E-state index in [4.69, 9.17) is 0 Å². The number of benzene rings is 1. The van der Waals surface area contributed by atoms with E-state index in [0.717, 1.165) is 19.5 Å². The van der Waals surface area contributed by atoms with Crippen LogP contribution in [0.3, 0.4) is 0 Å². The highest BCUT2D eigenvalue weighted by Crippen LogP contribution is 2.23. The van der Waals surface area contributed by atoms with Gasteiger partial charge in [-0.15, -0.1) is 0 Å². The number of anilines is 2. The van der Waals surface area contributed by atoms with Gasteiger partial charge in [-0.05, 0) is 53.3 Å². The molecule has 82 valence electrons. The van der Waals surface area contributed by atoms with Crippen LogP contribution >= 0.6 is 38.5 Å². The lowest BCUT2D eigenvalue weighted by Gasteiger charge is -2.08. The van der Waals surface area contributed by atoms with Crippen LogP contribution in [0, 0.1) is 10.5 Å². The molecule has 0 saturated carbocycles. The quantitative estimate of drug-likeness (QED) is 0.791. The van der Waals surface area contributed by atoms with E-state index >= 15 is 0 Å². The Morgan fingerprint density at radius 2 is 2.12 bits per heavy atom. The smallest absolute Gasteiger partial charge is 0.147 e. The Hall–Kier alpha value is -0.690. The summed E-state index contributed by atoms with van der Waals surface area (Å²) in [6, 6.07) is 6.16. The lowest BCUT2D eigenvalue weighted by atomic mass is 10.2. The van der Waals surface area contributed by atoms with Crippen LogP contribution in [0.15, 0.2) is 35.2 Å². The monoisotopic (exact) mass is 389 g/mol. The molecule has 5 heteroatoms. The molecular formula is C11H9BrIN3. The second kappa shape index (κ2) is 5.09. The Balaban J connectivity index is 2.30. The van der Waals surface area contributed by atoms with E-state index in [2.05, 4.69) is 72.9 Å². The van der Waals surface area contributed by atoms with Crippen LogP contribution in [-0.4, -0.2) is 9.97 Å². The van der Waals surface area contributed by atoms with E-state index in [1.807, 2.05) is 6.07 Å². The van der Waals surface area contributed by atoms with E-state index in [1.165, 1.54) is 11.9 Å². The van der Waals surface area contributed by atoms with Crippen LogP contribution in [0.5, 0.6) is 0 Å². The number of hydrogen-bond donors (Lipinski definition) is 1. The molecule has 1 aromatic heterocycles. The lowest BCUT2D eigenvalue weighted by Crippen LogP contribution is -1.97. The first-order valence-electron chi connectivity index (χ1n) is 4.65. The molecule has 1 aromatic carbocycles. The number of nitrogens with one attached hydrogen (secondary N) is 1. The average molecular weight is 390 g/mol. The largest absolute Gasteiger partial charge is 0.339 e. The molecule has 0 fully saturated rings. The number of nitrogens with zero attached hydrogens (tertiary/aromatic N) is 2. The van der Waals surface area contributed by atoms with E-state index in [-0.39, 0.29) is 0 Å². The number of hydrogen-bond acceptors (Lipinski definition) is 3. The Morgan fingerprint density at radius 3 is 2.81 bits per heavy atom. The number of aromatic nitrogens is 2. The maximum atomic E-state index is 4.19. The highest BCUT2D eigenvalue weighted by atomic mass is 127. The molecule has 0 aliphatic rings. The van der Waals surface area contributed by atoms with Crippen molar-refractivity contribution in [2.45, 2.75) is 6.92 Å². The topological polar surface area (TPSA) is 37.8 Å². The summed E-state index contributed by atoms with van der Waals surface area (Å²) in [4.78, 5) is 8.14. The van der Waals surface area contributed by atoms with Gasteiger partial charge in [-0.1, -0.05) is 15.9 Å². The normalized spacial score (nSPS) is 10.2. The van der Waals surface area contributed by atoms with Gasteiger partial charge in [-0.3, -0.25) is 0 Å². The predicted molar refractivity (Wildman–Crippen MR) is 76.9 cm³/mol. The van der Waals surface area contributed by atoms with Gasteiger partial charge in [0, 0.05) is 16.4 Å². The number of halogens is 2. The molecule has 0 aliphatic carbocycles. The molecule has 0 unspecified atom stereocenters. The SMILES string of the molecule is Cc1cc(Br)cc(Nc2ncncc2I)c1. The lowest BCUT2D eigenvalue weighted by molar-refractivity contribution is 1.15. The second-order valence-electron chi connectivity index (χ2n) is 3.36. The third-order valence-corrected chi connectivity index (χ3v) is 3.22. The van der Waals surface area contributed by atoms with Crippen LogP contribution in [0.2, 0.25) is 0 Å². The first-order valence-corrected chi connectivity index (χ1v) is 6.52. The molecule has 0 atom stereocenters. The van der Waals surface area contributed by atoms with Gasteiger partial charge in [0.1, 0.15) is 12.1 Å². The molecule has 2 rings (SSSR count). The van der Waals surface area contributed by atoms with E-state index in [9.17, 15) is 0 Å². The van der Waals surface area contributed by atoms with E-state index < -0.39 is 0 Å².